The molecule has 128 valence electrons. The van der Waals surface area contributed by atoms with Crippen molar-refractivity contribution in [1.29, 1.82) is 0 Å². The van der Waals surface area contributed by atoms with E-state index >= 15 is 0 Å². The molecule has 0 heterocycles. The Hall–Kier alpha value is -2.44. The van der Waals surface area contributed by atoms with E-state index in [-0.39, 0.29) is 11.4 Å². The number of hydrogen-bond acceptors (Lipinski definition) is 5. The van der Waals surface area contributed by atoms with Gasteiger partial charge < -0.3 is 10.5 Å². The summed E-state index contributed by atoms with van der Waals surface area (Å²) in [5.41, 5.74) is 8.98. The molecule has 0 atom stereocenters. The Balaban J connectivity index is 2.18. The van der Waals surface area contributed by atoms with Gasteiger partial charge in [0, 0.05) is 32.2 Å². The first kappa shape index (κ1) is 17.9. The van der Waals surface area contributed by atoms with Crippen LogP contribution in [0.15, 0.2) is 42.5 Å². The Morgan fingerprint density at radius 2 is 1.88 bits per heavy atom. The zero-order valence-electron chi connectivity index (χ0n) is 14.1. The standard InChI is InChI=1S/C18H23N3O3/c1-14-4-3-5-15(10-14)12-20(9-8-19)13-16-6-7-18(24-2)17(11-16)21(22)23/h3-7,10-11H,8-9,12-13,19H2,1-2H3. The molecule has 0 unspecified atom stereocenters. The summed E-state index contributed by atoms with van der Waals surface area (Å²) < 4.78 is 5.05. The van der Waals surface area contributed by atoms with Gasteiger partial charge in [-0.25, -0.2) is 0 Å². The second-order valence-electron chi connectivity index (χ2n) is 5.75. The summed E-state index contributed by atoms with van der Waals surface area (Å²) in [5, 5.41) is 11.2. The number of nitro benzene ring substituents is 1. The van der Waals surface area contributed by atoms with Crippen LogP contribution in [0, 0.1) is 17.0 Å². The smallest absolute Gasteiger partial charge is 0.311 e. The van der Waals surface area contributed by atoms with E-state index < -0.39 is 4.92 Å². The molecule has 0 fully saturated rings. The molecule has 0 spiro atoms. The summed E-state index contributed by atoms with van der Waals surface area (Å²) in [6.45, 7) is 4.65. The van der Waals surface area contributed by atoms with Crippen LogP contribution in [0.2, 0.25) is 0 Å². The van der Waals surface area contributed by atoms with E-state index in [1.54, 1.807) is 12.1 Å². The minimum atomic E-state index is -0.420. The molecule has 6 nitrogen and oxygen atoms in total. The summed E-state index contributed by atoms with van der Waals surface area (Å²) in [7, 11) is 1.43. The topological polar surface area (TPSA) is 81.6 Å². The van der Waals surface area contributed by atoms with Crippen molar-refractivity contribution in [2.75, 3.05) is 20.2 Å². The normalized spacial score (nSPS) is 10.8. The molecule has 0 bridgehead atoms. The molecule has 0 saturated heterocycles. The van der Waals surface area contributed by atoms with Crippen molar-refractivity contribution < 1.29 is 9.66 Å². The number of benzene rings is 2. The molecular weight excluding hydrogens is 306 g/mol. The predicted molar refractivity (Wildman–Crippen MR) is 94.0 cm³/mol. The average Bonchev–Trinajstić information content (AvgIpc) is 2.55. The molecule has 2 aromatic rings. The molecule has 0 aliphatic heterocycles. The van der Waals surface area contributed by atoms with Crippen LogP contribution in [0.4, 0.5) is 5.69 Å². The lowest BCUT2D eigenvalue weighted by Gasteiger charge is -2.22. The number of ether oxygens (including phenoxy) is 1. The third kappa shape index (κ3) is 4.78. The maximum absolute atomic E-state index is 11.2. The predicted octanol–water partition coefficient (Wildman–Crippen LogP) is 2.87. The van der Waals surface area contributed by atoms with Gasteiger partial charge in [0.15, 0.2) is 5.75 Å². The molecule has 0 aliphatic carbocycles. The van der Waals surface area contributed by atoms with Gasteiger partial charge in [0.05, 0.1) is 12.0 Å². The van der Waals surface area contributed by atoms with Crippen LogP contribution in [0.1, 0.15) is 16.7 Å². The average molecular weight is 329 g/mol. The van der Waals surface area contributed by atoms with E-state index in [0.29, 0.717) is 19.6 Å². The SMILES string of the molecule is COc1ccc(CN(CCN)Cc2cccc(C)c2)cc1[N+](=O)[O-]. The summed E-state index contributed by atoms with van der Waals surface area (Å²) in [6.07, 6.45) is 0. The molecule has 0 aliphatic rings. The van der Waals surface area contributed by atoms with Crippen molar-refractivity contribution in [2.24, 2.45) is 5.73 Å². The second kappa shape index (κ2) is 8.42. The summed E-state index contributed by atoms with van der Waals surface area (Å²) in [4.78, 5) is 12.9. The fraction of sp³-hybridized carbons (Fsp3) is 0.333. The van der Waals surface area contributed by atoms with Gasteiger partial charge in [-0.3, -0.25) is 15.0 Å². The second-order valence-corrected chi connectivity index (χ2v) is 5.75. The van der Waals surface area contributed by atoms with E-state index in [1.807, 2.05) is 12.1 Å². The van der Waals surface area contributed by atoms with Gasteiger partial charge in [0.2, 0.25) is 0 Å². The van der Waals surface area contributed by atoms with Gasteiger partial charge in [0.25, 0.3) is 0 Å². The van der Waals surface area contributed by atoms with Gasteiger partial charge in [0.1, 0.15) is 0 Å². The highest BCUT2D eigenvalue weighted by Gasteiger charge is 2.16. The lowest BCUT2D eigenvalue weighted by molar-refractivity contribution is -0.385. The highest BCUT2D eigenvalue weighted by atomic mass is 16.6. The lowest BCUT2D eigenvalue weighted by Crippen LogP contribution is -2.28. The maximum atomic E-state index is 11.2. The van der Waals surface area contributed by atoms with Gasteiger partial charge in [-0.15, -0.1) is 0 Å². The van der Waals surface area contributed by atoms with Crippen LogP contribution in [-0.4, -0.2) is 30.0 Å². The minimum Gasteiger partial charge on any atom is -0.490 e. The van der Waals surface area contributed by atoms with Crippen LogP contribution in [0.5, 0.6) is 5.75 Å². The highest BCUT2D eigenvalue weighted by Crippen LogP contribution is 2.28. The summed E-state index contributed by atoms with van der Waals surface area (Å²) in [5.74, 6) is 0.271. The maximum Gasteiger partial charge on any atom is 0.311 e. The largest absolute Gasteiger partial charge is 0.490 e. The van der Waals surface area contributed by atoms with E-state index in [1.165, 1.54) is 18.2 Å². The zero-order chi connectivity index (χ0) is 17.5. The van der Waals surface area contributed by atoms with Crippen LogP contribution in [0.3, 0.4) is 0 Å². The van der Waals surface area contributed by atoms with Gasteiger partial charge >= 0.3 is 5.69 Å². The van der Waals surface area contributed by atoms with E-state index in [0.717, 1.165) is 12.1 Å². The van der Waals surface area contributed by atoms with Gasteiger partial charge in [-0.1, -0.05) is 35.9 Å². The van der Waals surface area contributed by atoms with Crippen molar-refractivity contribution in [3.63, 3.8) is 0 Å². The van der Waals surface area contributed by atoms with Gasteiger partial charge in [-0.2, -0.15) is 0 Å². The molecule has 0 saturated carbocycles. The van der Waals surface area contributed by atoms with Crippen molar-refractivity contribution in [1.82, 2.24) is 4.90 Å². The highest BCUT2D eigenvalue weighted by molar-refractivity contribution is 5.48. The number of methoxy groups -OCH3 is 1. The minimum absolute atomic E-state index is 0.0155. The van der Waals surface area contributed by atoms with Crippen LogP contribution >= 0.6 is 0 Å². The lowest BCUT2D eigenvalue weighted by atomic mass is 10.1. The fourth-order valence-electron chi connectivity index (χ4n) is 2.70. The molecule has 6 heteroatoms. The number of hydrogen-bond donors (Lipinski definition) is 1. The van der Waals surface area contributed by atoms with Crippen LogP contribution < -0.4 is 10.5 Å². The number of nitro groups is 1. The number of aryl methyl sites for hydroxylation is 1. The number of nitrogens with zero attached hydrogens (tertiary/aromatic N) is 2. The molecule has 24 heavy (non-hydrogen) atoms. The molecule has 2 aromatic carbocycles. The summed E-state index contributed by atoms with van der Waals surface area (Å²) in [6, 6.07) is 13.4. The Kier molecular flexibility index (Phi) is 6.28. The molecular formula is C18H23N3O3. The van der Waals surface area contributed by atoms with Crippen molar-refractivity contribution in [3.05, 3.63) is 69.3 Å². The molecule has 0 aromatic heterocycles. The summed E-state index contributed by atoms with van der Waals surface area (Å²) >= 11 is 0. The Morgan fingerprint density at radius 1 is 1.17 bits per heavy atom. The van der Waals surface area contributed by atoms with Crippen LogP contribution in [0.25, 0.3) is 0 Å². The monoisotopic (exact) mass is 329 g/mol. The number of rotatable bonds is 8. The van der Waals surface area contributed by atoms with Gasteiger partial charge in [-0.05, 0) is 24.1 Å². The molecule has 2 N–H and O–H groups in total. The number of nitrogens with two attached hydrogens (primary N) is 1. The molecule has 2 rings (SSSR count). The first-order valence-electron chi connectivity index (χ1n) is 7.82. The Bertz CT molecular complexity index is 704. The fourth-order valence-corrected chi connectivity index (χ4v) is 2.70. The first-order valence-corrected chi connectivity index (χ1v) is 7.82. The Morgan fingerprint density at radius 3 is 2.46 bits per heavy atom. The quantitative estimate of drug-likeness (QED) is 0.595. The third-order valence-electron chi connectivity index (χ3n) is 3.78. The van der Waals surface area contributed by atoms with E-state index in [9.17, 15) is 10.1 Å². The Labute approximate surface area is 142 Å². The van der Waals surface area contributed by atoms with Crippen molar-refractivity contribution >= 4 is 5.69 Å². The molecule has 0 amide bonds. The van der Waals surface area contributed by atoms with E-state index in [2.05, 4.69) is 30.0 Å². The zero-order valence-corrected chi connectivity index (χ0v) is 14.1. The van der Waals surface area contributed by atoms with Crippen LogP contribution in [-0.2, 0) is 13.1 Å². The van der Waals surface area contributed by atoms with Crippen molar-refractivity contribution in [3.8, 4) is 5.75 Å². The first-order chi connectivity index (χ1) is 11.5. The van der Waals surface area contributed by atoms with Crippen molar-refractivity contribution in [2.45, 2.75) is 20.0 Å². The third-order valence-corrected chi connectivity index (χ3v) is 3.78. The molecule has 0 radical (unpaired) electrons. The van der Waals surface area contributed by atoms with E-state index in [4.69, 9.17) is 10.5 Å².